The Bertz CT molecular complexity index is 671. The first-order valence-corrected chi connectivity index (χ1v) is 6.60. The van der Waals surface area contributed by atoms with Crippen LogP contribution in [0.15, 0.2) is 48.5 Å². The van der Waals surface area contributed by atoms with Crippen LogP contribution in [-0.2, 0) is 16.0 Å². The molecule has 0 fully saturated rings. The van der Waals surface area contributed by atoms with E-state index in [1.807, 2.05) is 6.07 Å². The third kappa shape index (κ3) is 4.24. The Kier molecular flexibility index (Phi) is 4.98. The van der Waals surface area contributed by atoms with Crippen molar-refractivity contribution >= 4 is 23.4 Å². The van der Waals surface area contributed by atoms with Crippen LogP contribution in [0.2, 0.25) is 0 Å². The maximum absolute atomic E-state index is 11.8. The largest absolute Gasteiger partial charge is 0.506 e. The predicted molar refractivity (Wildman–Crippen MR) is 82.9 cm³/mol. The number of esters is 1. The quantitative estimate of drug-likeness (QED) is 0.598. The van der Waals surface area contributed by atoms with Crippen molar-refractivity contribution in [1.82, 2.24) is 0 Å². The lowest BCUT2D eigenvalue weighted by molar-refractivity contribution is -0.139. The van der Waals surface area contributed by atoms with E-state index in [-0.39, 0.29) is 17.9 Å². The summed E-state index contributed by atoms with van der Waals surface area (Å²) in [5.41, 5.74) is 1.49. The van der Waals surface area contributed by atoms with Crippen molar-refractivity contribution in [2.75, 3.05) is 17.7 Å². The molecular formula is C16H16N2O4. The molecule has 0 aliphatic heterocycles. The average Bonchev–Trinajstić information content (AvgIpc) is 2.51. The number of phenolic OH excluding ortho intramolecular Hbond substituents is 1. The van der Waals surface area contributed by atoms with E-state index < -0.39 is 12.0 Å². The molecule has 22 heavy (non-hydrogen) atoms. The summed E-state index contributed by atoms with van der Waals surface area (Å²) in [5.74, 6) is -0.522. The topological polar surface area (TPSA) is 87.7 Å². The van der Waals surface area contributed by atoms with Gasteiger partial charge in [0.1, 0.15) is 5.75 Å². The zero-order valence-corrected chi connectivity index (χ0v) is 12.0. The molecule has 0 radical (unpaired) electrons. The molecule has 2 amide bonds. The summed E-state index contributed by atoms with van der Waals surface area (Å²) in [6.45, 7) is 0. The highest BCUT2D eigenvalue weighted by Gasteiger charge is 2.09. The van der Waals surface area contributed by atoms with Gasteiger partial charge in [0.05, 0.1) is 19.2 Å². The minimum atomic E-state index is -0.470. The third-order valence-electron chi connectivity index (χ3n) is 2.92. The highest BCUT2D eigenvalue weighted by molar-refractivity contribution is 6.00. The predicted octanol–water partition coefficient (Wildman–Crippen LogP) is 2.75. The van der Waals surface area contributed by atoms with Gasteiger partial charge >= 0.3 is 12.0 Å². The zero-order chi connectivity index (χ0) is 15.9. The van der Waals surface area contributed by atoms with Crippen LogP contribution in [0.1, 0.15) is 5.56 Å². The lowest BCUT2D eigenvalue weighted by atomic mass is 10.1. The van der Waals surface area contributed by atoms with Gasteiger partial charge in [-0.25, -0.2) is 4.79 Å². The van der Waals surface area contributed by atoms with Gasteiger partial charge < -0.3 is 20.5 Å². The average molecular weight is 300 g/mol. The van der Waals surface area contributed by atoms with Crippen molar-refractivity contribution in [3.05, 3.63) is 54.1 Å². The van der Waals surface area contributed by atoms with Crippen LogP contribution >= 0.6 is 0 Å². The fourth-order valence-electron chi connectivity index (χ4n) is 1.84. The number of methoxy groups -OCH3 is 1. The number of amides is 2. The Morgan fingerprint density at radius 2 is 1.82 bits per heavy atom. The molecule has 6 heteroatoms. The van der Waals surface area contributed by atoms with Crippen molar-refractivity contribution in [3.63, 3.8) is 0 Å². The number of carbonyl (C=O) groups excluding carboxylic acids is 2. The molecule has 0 saturated carbocycles. The van der Waals surface area contributed by atoms with E-state index in [1.54, 1.807) is 30.3 Å². The van der Waals surface area contributed by atoms with Crippen LogP contribution in [0.25, 0.3) is 0 Å². The molecule has 0 aliphatic rings. The van der Waals surface area contributed by atoms with E-state index in [2.05, 4.69) is 15.4 Å². The number of benzene rings is 2. The van der Waals surface area contributed by atoms with Crippen molar-refractivity contribution in [1.29, 1.82) is 0 Å². The Balaban J connectivity index is 2.00. The lowest BCUT2D eigenvalue weighted by Crippen LogP contribution is -2.19. The maximum atomic E-state index is 11.8. The summed E-state index contributed by atoms with van der Waals surface area (Å²) in [6, 6.07) is 13.0. The first-order valence-electron chi connectivity index (χ1n) is 6.60. The summed E-state index contributed by atoms with van der Waals surface area (Å²) in [6.07, 6.45) is 0.0561. The molecule has 6 nitrogen and oxygen atoms in total. The summed E-state index contributed by atoms with van der Waals surface area (Å²) in [7, 11) is 1.30. The minimum absolute atomic E-state index is 0.0561. The normalized spacial score (nSPS) is 9.86. The van der Waals surface area contributed by atoms with E-state index in [1.165, 1.54) is 19.2 Å². The second kappa shape index (κ2) is 7.12. The zero-order valence-electron chi connectivity index (χ0n) is 12.0. The molecular weight excluding hydrogens is 284 g/mol. The van der Waals surface area contributed by atoms with Gasteiger partial charge in [-0.2, -0.15) is 0 Å². The SMILES string of the molecule is COC(=O)Cc1ccc(NC(=O)Nc2ccccc2)c(O)c1. The number of hydrogen-bond donors (Lipinski definition) is 3. The molecule has 0 heterocycles. The molecule has 0 spiro atoms. The van der Waals surface area contributed by atoms with Gasteiger partial charge in [-0.15, -0.1) is 0 Å². The number of aromatic hydroxyl groups is 1. The van der Waals surface area contributed by atoms with Gasteiger partial charge in [0.25, 0.3) is 0 Å². The van der Waals surface area contributed by atoms with Crippen molar-refractivity contribution < 1.29 is 19.4 Å². The smallest absolute Gasteiger partial charge is 0.323 e. The van der Waals surface area contributed by atoms with Crippen molar-refractivity contribution in [2.24, 2.45) is 0 Å². The summed E-state index contributed by atoms with van der Waals surface area (Å²) >= 11 is 0. The molecule has 114 valence electrons. The van der Waals surface area contributed by atoms with Crippen LogP contribution in [0, 0.1) is 0 Å². The molecule has 0 atom stereocenters. The monoisotopic (exact) mass is 300 g/mol. The maximum Gasteiger partial charge on any atom is 0.323 e. The number of rotatable bonds is 4. The molecule has 2 rings (SSSR count). The van der Waals surface area contributed by atoms with E-state index in [4.69, 9.17) is 0 Å². The van der Waals surface area contributed by atoms with Crippen molar-refractivity contribution in [3.8, 4) is 5.75 Å². The first kappa shape index (κ1) is 15.4. The standard InChI is InChI=1S/C16H16N2O4/c1-22-15(20)10-11-7-8-13(14(19)9-11)18-16(21)17-12-5-3-2-4-6-12/h2-9,19H,10H2,1H3,(H2,17,18,21). The summed E-state index contributed by atoms with van der Waals surface area (Å²) in [5, 5.41) is 15.1. The molecule has 0 saturated heterocycles. The molecule has 2 aromatic carbocycles. The Labute approximate surface area is 127 Å². The second-order valence-corrected chi connectivity index (χ2v) is 4.55. The Hall–Kier alpha value is -3.02. The van der Waals surface area contributed by atoms with Gasteiger partial charge in [-0.1, -0.05) is 24.3 Å². The van der Waals surface area contributed by atoms with E-state index in [9.17, 15) is 14.7 Å². The second-order valence-electron chi connectivity index (χ2n) is 4.55. The molecule has 2 aromatic rings. The summed E-state index contributed by atoms with van der Waals surface area (Å²) < 4.78 is 4.55. The van der Waals surface area contributed by atoms with Crippen LogP contribution in [0.4, 0.5) is 16.2 Å². The fourth-order valence-corrected chi connectivity index (χ4v) is 1.84. The van der Waals surface area contributed by atoms with Gasteiger partial charge in [-0.3, -0.25) is 4.79 Å². The van der Waals surface area contributed by atoms with Gasteiger partial charge in [0.2, 0.25) is 0 Å². The third-order valence-corrected chi connectivity index (χ3v) is 2.92. The van der Waals surface area contributed by atoms with Crippen LogP contribution in [0.5, 0.6) is 5.75 Å². The number of para-hydroxylation sites is 1. The van der Waals surface area contributed by atoms with E-state index in [0.29, 0.717) is 11.3 Å². The minimum Gasteiger partial charge on any atom is -0.506 e. The Morgan fingerprint density at radius 1 is 1.09 bits per heavy atom. The van der Waals surface area contributed by atoms with Crippen LogP contribution in [-0.4, -0.2) is 24.2 Å². The number of urea groups is 1. The Morgan fingerprint density at radius 3 is 2.45 bits per heavy atom. The molecule has 0 aliphatic carbocycles. The first-order chi connectivity index (χ1) is 10.6. The van der Waals surface area contributed by atoms with Gasteiger partial charge in [0, 0.05) is 5.69 Å². The lowest BCUT2D eigenvalue weighted by Gasteiger charge is -2.10. The van der Waals surface area contributed by atoms with Crippen molar-refractivity contribution in [2.45, 2.75) is 6.42 Å². The van der Waals surface area contributed by atoms with E-state index in [0.717, 1.165) is 0 Å². The van der Waals surface area contributed by atoms with Crippen LogP contribution < -0.4 is 10.6 Å². The summed E-state index contributed by atoms with van der Waals surface area (Å²) in [4.78, 5) is 23.0. The number of anilines is 2. The molecule has 0 unspecified atom stereocenters. The highest BCUT2D eigenvalue weighted by Crippen LogP contribution is 2.24. The molecule has 3 N–H and O–H groups in total. The fraction of sp³-hybridized carbons (Fsp3) is 0.125. The number of carbonyl (C=O) groups is 2. The highest BCUT2D eigenvalue weighted by atomic mass is 16.5. The number of ether oxygens (including phenoxy) is 1. The number of hydrogen-bond acceptors (Lipinski definition) is 4. The van der Waals surface area contributed by atoms with E-state index >= 15 is 0 Å². The molecule has 0 bridgehead atoms. The van der Waals surface area contributed by atoms with Crippen LogP contribution in [0.3, 0.4) is 0 Å². The molecule has 0 aromatic heterocycles. The van der Waals surface area contributed by atoms with Gasteiger partial charge in [-0.05, 0) is 29.8 Å². The number of phenols is 1. The number of nitrogens with one attached hydrogen (secondary N) is 2. The van der Waals surface area contributed by atoms with Gasteiger partial charge in [0.15, 0.2) is 0 Å².